The third kappa shape index (κ3) is 3.63. The minimum absolute atomic E-state index is 0.183. The van der Waals surface area contributed by atoms with E-state index in [1.54, 1.807) is 24.4 Å². The molecule has 1 aliphatic rings. The van der Waals surface area contributed by atoms with Crippen LogP contribution in [0.3, 0.4) is 0 Å². The van der Waals surface area contributed by atoms with Gasteiger partial charge < -0.3 is 19.5 Å². The second-order valence-electron chi connectivity index (χ2n) is 6.83. The molecule has 1 aliphatic heterocycles. The van der Waals surface area contributed by atoms with Crippen LogP contribution in [0.15, 0.2) is 79.0 Å². The van der Waals surface area contributed by atoms with E-state index in [4.69, 9.17) is 14.2 Å². The summed E-state index contributed by atoms with van der Waals surface area (Å²) < 4.78 is 16.7. The minimum Gasteiger partial charge on any atom is -0.457 e. The van der Waals surface area contributed by atoms with Gasteiger partial charge in [-0.1, -0.05) is 24.3 Å². The Hall–Kier alpha value is -4.06. The van der Waals surface area contributed by atoms with Crippen LogP contribution in [0.4, 0.5) is 0 Å². The first-order valence-electron chi connectivity index (χ1n) is 9.55. The number of ether oxygens (including phenoxy) is 3. The molecule has 6 heteroatoms. The minimum atomic E-state index is -0.183. The number of nitrogens with one attached hydrogen (secondary N) is 1. The van der Waals surface area contributed by atoms with Gasteiger partial charge in [0.2, 0.25) is 6.79 Å². The van der Waals surface area contributed by atoms with Gasteiger partial charge in [0.1, 0.15) is 11.5 Å². The largest absolute Gasteiger partial charge is 0.457 e. The Morgan fingerprint density at radius 1 is 0.967 bits per heavy atom. The predicted molar refractivity (Wildman–Crippen MR) is 112 cm³/mol. The van der Waals surface area contributed by atoms with Crippen LogP contribution < -0.4 is 19.5 Å². The fourth-order valence-corrected chi connectivity index (χ4v) is 3.32. The van der Waals surface area contributed by atoms with Crippen LogP contribution in [0.5, 0.6) is 23.0 Å². The molecule has 5 rings (SSSR count). The second-order valence-corrected chi connectivity index (χ2v) is 6.83. The normalized spacial score (nSPS) is 12.0. The smallest absolute Gasteiger partial charge is 0.251 e. The Morgan fingerprint density at radius 2 is 1.87 bits per heavy atom. The van der Waals surface area contributed by atoms with Gasteiger partial charge in [0.15, 0.2) is 11.5 Å². The number of benzene rings is 3. The maximum Gasteiger partial charge on any atom is 0.251 e. The molecular formula is C24H18N2O4. The van der Waals surface area contributed by atoms with Crippen LogP contribution in [0.1, 0.15) is 15.9 Å². The second kappa shape index (κ2) is 7.75. The zero-order valence-electron chi connectivity index (χ0n) is 16.0. The fourth-order valence-electron chi connectivity index (χ4n) is 3.32. The van der Waals surface area contributed by atoms with Crippen LogP contribution in [-0.2, 0) is 6.54 Å². The highest BCUT2D eigenvalue weighted by atomic mass is 16.7. The number of aromatic nitrogens is 1. The van der Waals surface area contributed by atoms with Gasteiger partial charge in [0, 0.05) is 23.7 Å². The van der Waals surface area contributed by atoms with Crippen molar-refractivity contribution in [2.45, 2.75) is 6.54 Å². The lowest BCUT2D eigenvalue weighted by molar-refractivity contribution is 0.0950. The average Bonchev–Trinajstić information content (AvgIpc) is 3.26. The highest BCUT2D eigenvalue weighted by Crippen LogP contribution is 2.32. The summed E-state index contributed by atoms with van der Waals surface area (Å²) in [5.74, 6) is 2.51. The molecule has 0 fully saturated rings. The molecule has 0 atom stereocenters. The number of amides is 1. The molecule has 0 aliphatic carbocycles. The fraction of sp³-hybridized carbons (Fsp3) is 0.0833. The van der Waals surface area contributed by atoms with E-state index in [9.17, 15) is 4.79 Å². The Bertz CT molecular complexity index is 1230. The average molecular weight is 398 g/mol. The van der Waals surface area contributed by atoms with Crippen molar-refractivity contribution < 1.29 is 19.0 Å². The molecule has 1 aromatic heterocycles. The number of hydrogen-bond donors (Lipinski definition) is 1. The van der Waals surface area contributed by atoms with Crippen LogP contribution in [0, 0.1) is 0 Å². The zero-order valence-corrected chi connectivity index (χ0v) is 16.0. The number of pyridine rings is 1. The van der Waals surface area contributed by atoms with Crippen molar-refractivity contribution in [2.24, 2.45) is 0 Å². The first kappa shape index (κ1) is 18.0. The molecule has 0 spiro atoms. The third-order valence-electron chi connectivity index (χ3n) is 4.82. The summed E-state index contributed by atoms with van der Waals surface area (Å²) in [7, 11) is 0. The van der Waals surface area contributed by atoms with Crippen molar-refractivity contribution in [1.82, 2.24) is 10.3 Å². The Balaban J connectivity index is 1.30. The highest BCUT2D eigenvalue weighted by Gasteiger charge is 2.14. The molecule has 4 aromatic rings. The number of fused-ring (bicyclic) bond motifs is 2. The summed E-state index contributed by atoms with van der Waals surface area (Å²) in [4.78, 5) is 17.0. The van der Waals surface area contributed by atoms with E-state index in [2.05, 4.69) is 10.3 Å². The van der Waals surface area contributed by atoms with Crippen LogP contribution in [0.2, 0.25) is 0 Å². The maximum absolute atomic E-state index is 12.6. The molecule has 0 saturated heterocycles. The molecule has 3 aromatic carbocycles. The molecule has 1 amide bonds. The van der Waals surface area contributed by atoms with Gasteiger partial charge in [-0.15, -0.1) is 0 Å². The summed E-state index contributed by atoms with van der Waals surface area (Å²) in [6.45, 7) is 0.611. The van der Waals surface area contributed by atoms with E-state index in [1.165, 1.54) is 0 Å². The topological polar surface area (TPSA) is 69.7 Å². The van der Waals surface area contributed by atoms with E-state index < -0.39 is 0 Å². The van der Waals surface area contributed by atoms with E-state index in [-0.39, 0.29) is 12.7 Å². The highest BCUT2D eigenvalue weighted by molar-refractivity contribution is 5.94. The molecule has 148 valence electrons. The molecular weight excluding hydrogens is 380 g/mol. The summed E-state index contributed by atoms with van der Waals surface area (Å²) in [6, 6.07) is 22.3. The zero-order chi connectivity index (χ0) is 20.3. The van der Waals surface area contributed by atoms with Gasteiger partial charge >= 0.3 is 0 Å². The lowest BCUT2D eigenvalue weighted by Gasteiger charge is -2.10. The predicted octanol–water partition coefficient (Wildman–Crippen LogP) is 4.69. The number of carbonyl (C=O) groups is 1. The van der Waals surface area contributed by atoms with E-state index in [1.807, 2.05) is 54.6 Å². The molecule has 6 nitrogen and oxygen atoms in total. The van der Waals surface area contributed by atoms with Gasteiger partial charge in [-0.2, -0.15) is 0 Å². The lowest BCUT2D eigenvalue weighted by Crippen LogP contribution is -2.22. The first-order chi connectivity index (χ1) is 14.8. The van der Waals surface area contributed by atoms with Crippen molar-refractivity contribution in [2.75, 3.05) is 6.79 Å². The van der Waals surface area contributed by atoms with Crippen LogP contribution >= 0.6 is 0 Å². The Kier molecular flexibility index (Phi) is 4.65. The molecule has 1 N–H and O–H groups in total. The summed E-state index contributed by atoms with van der Waals surface area (Å²) >= 11 is 0. The maximum atomic E-state index is 12.6. The standard InChI is InChI=1S/C24H18N2O4/c27-24(26-14-16-8-9-22-23(12-16)29-15-28-22)17-4-3-5-18(13-17)30-21-10-11-25-20-7-2-1-6-19(20)21/h1-13H,14-15H2,(H,26,27). The van der Waals surface area contributed by atoms with Gasteiger partial charge in [0.05, 0.1) is 5.52 Å². The number of hydrogen-bond acceptors (Lipinski definition) is 5. The van der Waals surface area contributed by atoms with Crippen molar-refractivity contribution in [1.29, 1.82) is 0 Å². The van der Waals surface area contributed by atoms with Crippen molar-refractivity contribution in [3.63, 3.8) is 0 Å². The van der Waals surface area contributed by atoms with Gasteiger partial charge in [-0.05, 0) is 54.1 Å². The van der Waals surface area contributed by atoms with Gasteiger partial charge in [-0.3, -0.25) is 9.78 Å². The Morgan fingerprint density at radius 3 is 2.83 bits per heavy atom. The first-order valence-corrected chi connectivity index (χ1v) is 9.55. The number of rotatable bonds is 5. The van der Waals surface area contributed by atoms with E-state index in [0.29, 0.717) is 29.4 Å². The molecule has 0 saturated carbocycles. The van der Waals surface area contributed by atoms with E-state index in [0.717, 1.165) is 22.2 Å². The number of para-hydroxylation sites is 1. The van der Waals surface area contributed by atoms with Crippen molar-refractivity contribution in [3.05, 3.63) is 90.1 Å². The van der Waals surface area contributed by atoms with Gasteiger partial charge in [-0.25, -0.2) is 0 Å². The Labute approximate surface area is 173 Å². The quantitative estimate of drug-likeness (QED) is 0.528. The summed E-state index contributed by atoms with van der Waals surface area (Å²) in [5, 5.41) is 3.84. The van der Waals surface area contributed by atoms with Crippen LogP contribution in [0.25, 0.3) is 10.9 Å². The molecule has 0 radical (unpaired) electrons. The summed E-state index contributed by atoms with van der Waals surface area (Å²) in [5.41, 5.74) is 2.31. The van der Waals surface area contributed by atoms with Gasteiger partial charge in [0.25, 0.3) is 5.91 Å². The van der Waals surface area contributed by atoms with Crippen LogP contribution in [-0.4, -0.2) is 17.7 Å². The van der Waals surface area contributed by atoms with E-state index >= 15 is 0 Å². The molecule has 0 unspecified atom stereocenters. The lowest BCUT2D eigenvalue weighted by atomic mass is 10.1. The monoisotopic (exact) mass is 398 g/mol. The third-order valence-corrected chi connectivity index (χ3v) is 4.82. The molecule has 30 heavy (non-hydrogen) atoms. The molecule has 2 heterocycles. The number of carbonyl (C=O) groups excluding carboxylic acids is 1. The van der Waals surface area contributed by atoms with Crippen molar-refractivity contribution in [3.8, 4) is 23.0 Å². The summed E-state index contributed by atoms with van der Waals surface area (Å²) in [6.07, 6.45) is 1.71. The molecule has 0 bridgehead atoms. The van der Waals surface area contributed by atoms with Crippen molar-refractivity contribution >= 4 is 16.8 Å². The SMILES string of the molecule is O=C(NCc1ccc2c(c1)OCO2)c1cccc(Oc2ccnc3ccccc23)c1. The number of nitrogens with zero attached hydrogens (tertiary/aromatic N) is 1.